The van der Waals surface area contributed by atoms with Gasteiger partial charge in [-0.3, -0.25) is 10.4 Å². The number of hydrogen-bond donors (Lipinski definition) is 1. The topological polar surface area (TPSA) is 41.6 Å². The largest absolute Gasteiger partial charge is 0.467 e. The average molecular weight is 354 g/mol. The van der Waals surface area contributed by atoms with Crippen molar-refractivity contribution in [3.8, 4) is 0 Å². The van der Waals surface area contributed by atoms with E-state index in [1.165, 1.54) is 0 Å². The van der Waals surface area contributed by atoms with Crippen molar-refractivity contribution in [3.63, 3.8) is 0 Å². The number of hydrogen-bond acceptors (Lipinski definition) is 4. The number of nitrogens with one attached hydrogen (secondary N) is 1. The lowest BCUT2D eigenvalue weighted by Gasteiger charge is -2.27. The Morgan fingerprint density at radius 3 is 2.07 bits per heavy atom. The summed E-state index contributed by atoms with van der Waals surface area (Å²) in [5.41, 5.74) is 7.78. The van der Waals surface area contributed by atoms with E-state index < -0.39 is 0 Å². The summed E-state index contributed by atoms with van der Waals surface area (Å²) < 4.78 is 11.6. The molecule has 1 atom stereocenters. The van der Waals surface area contributed by atoms with Crippen LogP contribution >= 0.6 is 0 Å². The maximum Gasteiger partial charge on any atom is 0.151 e. The Morgan fingerprint density at radius 2 is 1.41 bits per heavy atom. The van der Waals surface area contributed by atoms with Crippen molar-refractivity contribution in [2.45, 2.75) is 6.04 Å². The third-order valence-electron chi connectivity index (χ3n) is 4.73. The summed E-state index contributed by atoms with van der Waals surface area (Å²) in [6.07, 6.45) is 3.41. The van der Waals surface area contributed by atoms with Crippen LogP contribution < -0.4 is 10.4 Å². The minimum atomic E-state index is -0.120. The van der Waals surface area contributed by atoms with Gasteiger partial charge < -0.3 is 8.83 Å². The zero-order valence-electron chi connectivity index (χ0n) is 14.6. The maximum absolute atomic E-state index is 5.84. The molecule has 0 radical (unpaired) electrons. The fraction of sp³-hybridized carbons (Fsp3) is 0.0435. The highest BCUT2D eigenvalue weighted by Crippen LogP contribution is 2.45. The molecule has 0 aliphatic carbocycles. The fourth-order valence-corrected chi connectivity index (χ4v) is 3.56. The second-order valence-corrected chi connectivity index (χ2v) is 6.37. The molecule has 0 saturated heterocycles. The Morgan fingerprint density at radius 1 is 0.704 bits per heavy atom. The summed E-state index contributed by atoms with van der Waals surface area (Å²) in [6.45, 7) is 0. The molecule has 0 fully saturated rings. The summed E-state index contributed by atoms with van der Waals surface area (Å²) in [5.74, 6) is 1.66. The molecule has 0 amide bonds. The molecule has 0 spiro atoms. The minimum Gasteiger partial charge on any atom is -0.467 e. The number of nitrogens with zero attached hydrogens (tertiary/aromatic N) is 1. The molecule has 27 heavy (non-hydrogen) atoms. The fourth-order valence-electron chi connectivity index (χ4n) is 3.56. The van der Waals surface area contributed by atoms with Crippen LogP contribution in [-0.2, 0) is 0 Å². The van der Waals surface area contributed by atoms with Gasteiger partial charge in [-0.2, -0.15) is 0 Å². The minimum absolute atomic E-state index is 0.120. The predicted octanol–water partition coefficient (Wildman–Crippen LogP) is 5.51. The number of hydrazine groups is 1. The third kappa shape index (κ3) is 2.72. The monoisotopic (exact) mass is 354 g/mol. The predicted molar refractivity (Wildman–Crippen MR) is 105 cm³/mol. The van der Waals surface area contributed by atoms with Crippen molar-refractivity contribution in [1.29, 1.82) is 0 Å². The first-order valence-electron chi connectivity index (χ1n) is 8.89. The van der Waals surface area contributed by atoms with E-state index >= 15 is 0 Å². The van der Waals surface area contributed by atoms with Crippen LogP contribution in [0.1, 0.15) is 23.1 Å². The first-order valence-corrected chi connectivity index (χ1v) is 8.89. The summed E-state index contributed by atoms with van der Waals surface area (Å²) >= 11 is 0. The van der Waals surface area contributed by atoms with Crippen molar-refractivity contribution >= 4 is 17.0 Å². The number of rotatable bonds is 4. The van der Waals surface area contributed by atoms with Gasteiger partial charge in [-0.25, -0.2) is 0 Å². The Kier molecular flexibility index (Phi) is 3.79. The lowest BCUT2D eigenvalue weighted by atomic mass is 9.95. The Hall–Kier alpha value is -3.66. The van der Waals surface area contributed by atoms with Gasteiger partial charge in [0.05, 0.1) is 18.2 Å². The van der Waals surface area contributed by atoms with Gasteiger partial charge in [0.1, 0.15) is 17.5 Å². The molecule has 4 nitrogen and oxygen atoms in total. The molecule has 2 aromatic carbocycles. The van der Waals surface area contributed by atoms with Crippen molar-refractivity contribution in [2.24, 2.45) is 0 Å². The smallest absolute Gasteiger partial charge is 0.151 e. The van der Waals surface area contributed by atoms with Crippen molar-refractivity contribution in [3.05, 3.63) is 115 Å². The average Bonchev–Trinajstić information content (AvgIpc) is 3.49. The van der Waals surface area contributed by atoms with Gasteiger partial charge in [-0.15, -0.1) is 0 Å². The van der Waals surface area contributed by atoms with Crippen molar-refractivity contribution in [1.82, 2.24) is 5.43 Å². The van der Waals surface area contributed by atoms with Crippen LogP contribution in [0.25, 0.3) is 11.3 Å². The number of anilines is 1. The normalized spacial score (nSPS) is 16.6. The summed E-state index contributed by atoms with van der Waals surface area (Å²) in [6, 6.07) is 28.3. The quantitative estimate of drug-likeness (QED) is 0.525. The van der Waals surface area contributed by atoms with E-state index in [1.807, 2.05) is 60.7 Å². The maximum atomic E-state index is 5.84. The van der Waals surface area contributed by atoms with Crippen molar-refractivity contribution < 1.29 is 8.83 Å². The van der Waals surface area contributed by atoms with Gasteiger partial charge in [0, 0.05) is 5.57 Å². The molecule has 1 N–H and O–H groups in total. The van der Waals surface area contributed by atoms with Crippen LogP contribution in [0.5, 0.6) is 0 Å². The van der Waals surface area contributed by atoms with Gasteiger partial charge in [0.25, 0.3) is 0 Å². The van der Waals surface area contributed by atoms with Gasteiger partial charge >= 0.3 is 0 Å². The highest BCUT2D eigenvalue weighted by Gasteiger charge is 2.38. The lowest BCUT2D eigenvalue weighted by molar-refractivity contribution is 0.484. The molecule has 0 saturated carbocycles. The SMILES string of the molecule is c1ccc(C2=C(c3ccco3)NN(c3ccccc3)C2c2ccco2)cc1. The van der Waals surface area contributed by atoms with Gasteiger partial charge in [0.2, 0.25) is 0 Å². The summed E-state index contributed by atoms with van der Waals surface area (Å²) in [4.78, 5) is 0. The Balaban J connectivity index is 1.73. The standard InChI is InChI=1S/C23H18N2O2/c1-3-9-17(10-4-1)21-22(19-13-7-15-26-19)24-25(18-11-5-2-6-12-18)23(21)20-14-8-16-27-20/h1-16,23-24H. The number of benzene rings is 2. The van der Waals surface area contributed by atoms with Crippen LogP contribution in [0, 0.1) is 0 Å². The summed E-state index contributed by atoms with van der Waals surface area (Å²) in [5, 5.41) is 2.12. The molecule has 4 heteroatoms. The molecule has 1 aliphatic heterocycles. The van der Waals surface area contributed by atoms with E-state index in [2.05, 4.69) is 34.7 Å². The highest BCUT2D eigenvalue weighted by molar-refractivity contribution is 5.96. The molecule has 5 rings (SSSR count). The van der Waals surface area contributed by atoms with E-state index in [0.717, 1.165) is 34.0 Å². The highest BCUT2D eigenvalue weighted by atomic mass is 16.3. The Labute approximate surface area is 157 Å². The Bertz CT molecular complexity index is 1040. The van der Waals surface area contributed by atoms with E-state index in [0.29, 0.717) is 0 Å². The zero-order chi connectivity index (χ0) is 18.1. The number of furan rings is 2. The second kappa shape index (κ2) is 6.57. The first-order chi connectivity index (χ1) is 13.4. The van der Waals surface area contributed by atoms with Crippen LogP contribution in [0.15, 0.2) is 106 Å². The molecule has 0 bridgehead atoms. The molecule has 4 aromatic rings. The van der Waals surface area contributed by atoms with E-state index in [1.54, 1.807) is 12.5 Å². The zero-order valence-corrected chi connectivity index (χ0v) is 14.6. The molecule has 2 aromatic heterocycles. The van der Waals surface area contributed by atoms with Gasteiger partial charge in [0.15, 0.2) is 5.76 Å². The number of para-hydroxylation sites is 1. The molecule has 132 valence electrons. The van der Waals surface area contributed by atoms with Crippen LogP contribution in [0.2, 0.25) is 0 Å². The molecule has 1 aliphatic rings. The molecule has 3 heterocycles. The van der Waals surface area contributed by atoms with E-state index in [4.69, 9.17) is 8.83 Å². The van der Waals surface area contributed by atoms with Crippen LogP contribution in [0.3, 0.4) is 0 Å². The van der Waals surface area contributed by atoms with Crippen molar-refractivity contribution in [2.75, 3.05) is 5.01 Å². The van der Waals surface area contributed by atoms with Crippen LogP contribution in [0.4, 0.5) is 5.69 Å². The van der Waals surface area contributed by atoms with Crippen LogP contribution in [-0.4, -0.2) is 0 Å². The van der Waals surface area contributed by atoms with Gasteiger partial charge in [-0.05, 0) is 42.0 Å². The molecule has 1 unspecified atom stereocenters. The molecular weight excluding hydrogens is 336 g/mol. The second-order valence-electron chi connectivity index (χ2n) is 6.37. The first kappa shape index (κ1) is 15.6. The van der Waals surface area contributed by atoms with Gasteiger partial charge in [-0.1, -0.05) is 48.5 Å². The van der Waals surface area contributed by atoms with E-state index in [-0.39, 0.29) is 6.04 Å². The third-order valence-corrected chi connectivity index (χ3v) is 4.73. The van der Waals surface area contributed by atoms with E-state index in [9.17, 15) is 0 Å². The summed E-state index contributed by atoms with van der Waals surface area (Å²) in [7, 11) is 0. The molecular formula is C23H18N2O2. The lowest BCUT2D eigenvalue weighted by Crippen LogP contribution is -2.34.